The van der Waals surface area contributed by atoms with Crippen LogP contribution < -0.4 is 10.6 Å². The number of carbonyl (C=O) groups excluding carboxylic acids is 1. The van der Waals surface area contributed by atoms with E-state index in [9.17, 15) is 4.79 Å². The summed E-state index contributed by atoms with van der Waals surface area (Å²) in [5.74, 6) is 0.724. The second-order valence-electron chi connectivity index (χ2n) is 7.00. The van der Waals surface area contributed by atoms with Crippen molar-refractivity contribution < 1.29 is 14.3 Å². The van der Waals surface area contributed by atoms with Crippen molar-refractivity contribution in [1.29, 1.82) is 0 Å². The third kappa shape index (κ3) is 9.07. The molecule has 0 aliphatic carbocycles. The summed E-state index contributed by atoms with van der Waals surface area (Å²) in [4.78, 5) is 17.8. The number of methoxy groups -OCH3 is 1. The lowest BCUT2D eigenvalue weighted by Gasteiger charge is -2.41. The first kappa shape index (κ1) is 21.7. The van der Waals surface area contributed by atoms with Crippen LogP contribution in [0.15, 0.2) is 4.99 Å². The van der Waals surface area contributed by atoms with Crippen molar-refractivity contribution in [1.82, 2.24) is 15.5 Å². The molecule has 0 aromatic carbocycles. The van der Waals surface area contributed by atoms with Crippen molar-refractivity contribution >= 4 is 11.9 Å². The van der Waals surface area contributed by atoms with Gasteiger partial charge in [0.1, 0.15) is 0 Å². The van der Waals surface area contributed by atoms with Gasteiger partial charge in [-0.15, -0.1) is 0 Å². The van der Waals surface area contributed by atoms with Crippen LogP contribution in [0.5, 0.6) is 0 Å². The van der Waals surface area contributed by atoms with Gasteiger partial charge in [-0.2, -0.15) is 0 Å². The summed E-state index contributed by atoms with van der Waals surface area (Å²) in [6, 6.07) is 0. The molecule has 0 radical (unpaired) electrons. The molecule has 25 heavy (non-hydrogen) atoms. The summed E-state index contributed by atoms with van der Waals surface area (Å²) >= 11 is 0. The molecule has 7 heteroatoms. The summed E-state index contributed by atoms with van der Waals surface area (Å²) in [6.07, 6.45) is 4.62. The van der Waals surface area contributed by atoms with Gasteiger partial charge in [-0.05, 0) is 26.7 Å². The van der Waals surface area contributed by atoms with Crippen molar-refractivity contribution in [3.8, 4) is 0 Å². The first-order chi connectivity index (χ1) is 12.0. The van der Waals surface area contributed by atoms with Gasteiger partial charge in [-0.3, -0.25) is 14.7 Å². The Morgan fingerprint density at radius 3 is 2.48 bits per heavy atom. The summed E-state index contributed by atoms with van der Waals surface area (Å²) in [5.41, 5.74) is 0.0648. The topological polar surface area (TPSA) is 75.2 Å². The standard InChI is InChI=1S/C18H36N4O3/c1-18(2,22-11-13-25-14-12-22)15-21-17(19-3)20-10-8-6-5-7-9-16(23)24-4/h5-15H2,1-4H3,(H2,19,20,21). The van der Waals surface area contributed by atoms with E-state index in [0.29, 0.717) is 6.42 Å². The van der Waals surface area contributed by atoms with Crippen LogP contribution in [0.3, 0.4) is 0 Å². The molecular weight excluding hydrogens is 320 g/mol. The highest BCUT2D eigenvalue weighted by atomic mass is 16.5. The molecule has 2 N–H and O–H groups in total. The average Bonchev–Trinajstić information content (AvgIpc) is 2.63. The van der Waals surface area contributed by atoms with Crippen LogP contribution in [0.25, 0.3) is 0 Å². The molecule has 0 aromatic heterocycles. The highest BCUT2D eigenvalue weighted by Gasteiger charge is 2.28. The number of guanidine groups is 1. The molecule has 0 spiro atoms. The van der Waals surface area contributed by atoms with Gasteiger partial charge >= 0.3 is 5.97 Å². The number of morpholine rings is 1. The van der Waals surface area contributed by atoms with Gasteiger partial charge in [0, 0.05) is 45.2 Å². The van der Waals surface area contributed by atoms with Gasteiger partial charge in [-0.1, -0.05) is 12.8 Å². The van der Waals surface area contributed by atoms with E-state index in [2.05, 4.69) is 39.1 Å². The first-order valence-electron chi connectivity index (χ1n) is 9.33. The van der Waals surface area contributed by atoms with Gasteiger partial charge in [-0.25, -0.2) is 0 Å². The van der Waals surface area contributed by atoms with E-state index >= 15 is 0 Å². The molecule has 146 valence electrons. The molecule has 1 rings (SSSR count). The largest absolute Gasteiger partial charge is 0.469 e. The third-order valence-corrected chi connectivity index (χ3v) is 4.61. The number of ether oxygens (including phenoxy) is 2. The molecular formula is C18H36N4O3. The van der Waals surface area contributed by atoms with E-state index in [1.54, 1.807) is 7.05 Å². The van der Waals surface area contributed by atoms with Gasteiger partial charge in [0.15, 0.2) is 5.96 Å². The molecule has 0 saturated carbocycles. The molecule has 1 fully saturated rings. The zero-order chi connectivity index (χ0) is 18.5. The SMILES string of the molecule is CN=C(NCCCCCCC(=O)OC)NCC(C)(C)N1CCOCC1. The minimum absolute atomic E-state index is 0.0648. The van der Waals surface area contributed by atoms with Gasteiger partial charge in [0.2, 0.25) is 0 Å². The van der Waals surface area contributed by atoms with Crippen LogP contribution in [0.1, 0.15) is 46.0 Å². The van der Waals surface area contributed by atoms with E-state index < -0.39 is 0 Å². The molecule has 0 bridgehead atoms. The molecule has 7 nitrogen and oxygen atoms in total. The normalized spacial score (nSPS) is 16.6. The number of carbonyl (C=O) groups is 1. The van der Waals surface area contributed by atoms with Crippen LogP contribution in [0.4, 0.5) is 0 Å². The van der Waals surface area contributed by atoms with Crippen molar-refractivity contribution in [3.05, 3.63) is 0 Å². The van der Waals surface area contributed by atoms with Crippen LogP contribution in [0, 0.1) is 0 Å². The first-order valence-corrected chi connectivity index (χ1v) is 9.33. The Morgan fingerprint density at radius 2 is 1.84 bits per heavy atom. The predicted molar refractivity (Wildman–Crippen MR) is 101 cm³/mol. The van der Waals surface area contributed by atoms with Crippen molar-refractivity contribution in [2.75, 3.05) is 53.6 Å². The second-order valence-corrected chi connectivity index (χ2v) is 7.00. The van der Waals surface area contributed by atoms with Crippen LogP contribution in [-0.4, -0.2) is 75.9 Å². The Labute approximate surface area is 152 Å². The molecule has 0 amide bonds. The number of nitrogens with zero attached hydrogens (tertiary/aromatic N) is 2. The maximum absolute atomic E-state index is 11.0. The molecule has 1 heterocycles. The number of hydrogen-bond donors (Lipinski definition) is 2. The van der Waals surface area contributed by atoms with E-state index in [4.69, 9.17) is 4.74 Å². The predicted octanol–water partition coefficient (Wildman–Crippen LogP) is 1.39. The monoisotopic (exact) mass is 356 g/mol. The molecule has 1 aliphatic rings. The van der Waals surface area contributed by atoms with Crippen LogP contribution >= 0.6 is 0 Å². The van der Waals surface area contributed by atoms with Crippen molar-refractivity contribution in [2.24, 2.45) is 4.99 Å². The van der Waals surface area contributed by atoms with Gasteiger partial charge in [0.25, 0.3) is 0 Å². The number of unbranched alkanes of at least 4 members (excludes halogenated alkanes) is 3. The zero-order valence-electron chi connectivity index (χ0n) is 16.4. The lowest BCUT2D eigenvalue weighted by atomic mass is 10.0. The molecule has 0 atom stereocenters. The van der Waals surface area contributed by atoms with E-state index in [-0.39, 0.29) is 11.5 Å². The summed E-state index contributed by atoms with van der Waals surface area (Å²) in [7, 11) is 3.23. The van der Waals surface area contributed by atoms with Crippen molar-refractivity contribution in [3.63, 3.8) is 0 Å². The number of rotatable bonds is 10. The highest BCUT2D eigenvalue weighted by Crippen LogP contribution is 2.14. The number of aliphatic imine (C=N–C) groups is 1. The maximum Gasteiger partial charge on any atom is 0.305 e. The number of esters is 1. The Bertz CT molecular complexity index is 407. The fourth-order valence-corrected chi connectivity index (χ4v) is 2.86. The van der Waals surface area contributed by atoms with E-state index in [0.717, 1.165) is 71.0 Å². The van der Waals surface area contributed by atoms with E-state index in [1.807, 2.05) is 0 Å². The van der Waals surface area contributed by atoms with Crippen LogP contribution in [0.2, 0.25) is 0 Å². The summed E-state index contributed by atoms with van der Waals surface area (Å²) < 4.78 is 10.1. The Hall–Kier alpha value is -1.34. The zero-order valence-corrected chi connectivity index (χ0v) is 16.4. The van der Waals surface area contributed by atoms with E-state index in [1.165, 1.54) is 7.11 Å². The number of hydrogen-bond acceptors (Lipinski definition) is 5. The fraction of sp³-hybridized carbons (Fsp3) is 0.889. The lowest BCUT2D eigenvalue weighted by molar-refractivity contribution is -0.140. The third-order valence-electron chi connectivity index (χ3n) is 4.61. The summed E-state index contributed by atoms with van der Waals surface area (Å²) in [5, 5.41) is 6.79. The quantitative estimate of drug-likeness (QED) is 0.267. The smallest absolute Gasteiger partial charge is 0.305 e. The van der Waals surface area contributed by atoms with Gasteiger partial charge in [0.05, 0.1) is 20.3 Å². The molecule has 0 aromatic rings. The highest BCUT2D eigenvalue weighted by molar-refractivity contribution is 5.79. The average molecular weight is 357 g/mol. The minimum atomic E-state index is -0.120. The Kier molecular flexibility index (Phi) is 10.5. The second kappa shape index (κ2) is 12.1. The molecule has 0 unspecified atom stereocenters. The fourth-order valence-electron chi connectivity index (χ4n) is 2.86. The molecule has 1 saturated heterocycles. The van der Waals surface area contributed by atoms with Crippen molar-refractivity contribution in [2.45, 2.75) is 51.5 Å². The maximum atomic E-state index is 11.0. The van der Waals surface area contributed by atoms with Gasteiger partial charge < -0.3 is 20.1 Å². The minimum Gasteiger partial charge on any atom is -0.469 e. The Morgan fingerprint density at radius 1 is 1.16 bits per heavy atom. The summed E-state index contributed by atoms with van der Waals surface area (Å²) in [6.45, 7) is 9.80. The van der Waals surface area contributed by atoms with Crippen LogP contribution in [-0.2, 0) is 14.3 Å². The lowest BCUT2D eigenvalue weighted by Crippen LogP contribution is -2.56. The molecule has 1 aliphatic heterocycles. The Balaban J connectivity index is 2.14. The number of nitrogens with one attached hydrogen (secondary N) is 2.